The van der Waals surface area contributed by atoms with Gasteiger partial charge in [0.15, 0.2) is 0 Å². The summed E-state index contributed by atoms with van der Waals surface area (Å²) < 4.78 is 0. The van der Waals surface area contributed by atoms with Crippen LogP contribution in [-0.4, -0.2) is 12.4 Å². The molecule has 1 aliphatic heterocycles. The molecule has 0 saturated heterocycles. The first-order valence-electron chi connectivity index (χ1n) is 1.60. The molecule has 0 amide bonds. The van der Waals surface area contributed by atoms with Gasteiger partial charge in [-0.05, 0) is 0 Å². The molecule has 1 rings (SSSR count). The standard InChI is InChI=1S/C2H5N3O/c3-2-1-4-6-5-2/h1-2,5H,3H2. The molecule has 0 saturated carbocycles. The third kappa shape index (κ3) is 0.474. The number of nitrogens with two attached hydrogens (primary N) is 1. The van der Waals surface area contributed by atoms with Crippen LogP contribution in [0, 0.1) is 0 Å². The molecule has 1 unspecified atom stereocenters. The normalized spacial score (nSPS) is 30.5. The van der Waals surface area contributed by atoms with E-state index in [9.17, 15) is 0 Å². The second-order valence-electron chi connectivity index (χ2n) is 0.989. The van der Waals surface area contributed by atoms with Crippen molar-refractivity contribution in [3.8, 4) is 0 Å². The van der Waals surface area contributed by atoms with E-state index < -0.39 is 0 Å². The van der Waals surface area contributed by atoms with E-state index in [0.717, 1.165) is 0 Å². The minimum atomic E-state index is -0.218. The Kier molecular flexibility index (Phi) is 0.736. The highest BCUT2D eigenvalue weighted by atomic mass is 16.8. The van der Waals surface area contributed by atoms with Gasteiger partial charge < -0.3 is 5.73 Å². The zero-order valence-electron chi connectivity index (χ0n) is 3.09. The molecule has 0 radical (unpaired) electrons. The average Bonchev–Trinajstić information content (AvgIpc) is 1.86. The van der Waals surface area contributed by atoms with E-state index in [1.54, 1.807) is 0 Å². The van der Waals surface area contributed by atoms with Crippen LogP contribution in [0.2, 0.25) is 0 Å². The molecule has 1 atom stereocenters. The van der Waals surface area contributed by atoms with Gasteiger partial charge in [-0.2, -0.15) is 0 Å². The zero-order valence-corrected chi connectivity index (χ0v) is 3.09. The predicted molar refractivity (Wildman–Crippen MR) is 20.7 cm³/mol. The Morgan fingerprint density at radius 1 is 2.00 bits per heavy atom. The SMILES string of the molecule is NC1C=NON1. The highest BCUT2D eigenvalue weighted by molar-refractivity contribution is 5.63. The lowest BCUT2D eigenvalue weighted by Crippen LogP contribution is -2.32. The summed E-state index contributed by atoms with van der Waals surface area (Å²) in [5.41, 5.74) is 7.52. The lowest BCUT2D eigenvalue weighted by molar-refractivity contribution is 0.0610. The van der Waals surface area contributed by atoms with Crippen LogP contribution < -0.4 is 11.2 Å². The van der Waals surface area contributed by atoms with Crippen LogP contribution >= 0.6 is 0 Å². The third-order valence-corrected chi connectivity index (χ3v) is 0.463. The molecule has 1 heterocycles. The number of hydrogen-bond acceptors (Lipinski definition) is 4. The van der Waals surface area contributed by atoms with Gasteiger partial charge in [0.05, 0.1) is 6.21 Å². The van der Waals surface area contributed by atoms with Gasteiger partial charge >= 0.3 is 0 Å². The van der Waals surface area contributed by atoms with E-state index in [2.05, 4.69) is 15.6 Å². The maximum absolute atomic E-state index is 5.15. The molecule has 0 aromatic rings. The fourth-order valence-electron chi connectivity index (χ4n) is 0.218. The summed E-state index contributed by atoms with van der Waals surface area (Å²) in [4.78, 5) is 4.25. The topological polar surface area (TPSA) is 59.6 Å². The van der Waals surface area contributed by atoms with E-state index >= 15 is 0 Å². The third-order valence-electron chi connectivity index (χ3n) is 0.463. The highest BCUT2D eigenvalue weighted by Gasteiger charge is 2.00. The molecule has 0 spiro atoms. The Morgan fingerprint density at radius 3 is 3.00 bits per heavy atom. The Hall–Kier alpha value is -0.610. The van der Waals surface area contributed by atoms with Crippen LogP contribution in [0.15, 0.2) is 5.16 Å². The summed E-state index contributed by atoms with van der Waals surface area (Å²) in [5.74, 6) is 0. The smallest absolute Gasteiger partial charge is 0.131 e. The van der Waals surface area contributed by atoms with Gasteiger partial charge in [0.2, 0.25) is 0 Å². The van der Waals surface area contributed by atoms with Gasteiger partial charge in [-0.15, -0.1) is 5.48 Å². The molecule has 1 aliphatic rings. The van der Waals surface area contributed by atoms with E-state index in [1.165, 1.54) is 6.21 Å². The Bertz CT molecular complexity index is 71.2. The Balaban J connectivity index is 2.38. The molecule has 34 valence electrons. The van der Waals surface area contributed by atoms with Gasteiger partial charge in [0.25, 0.3) is 0 Å². The molecule has 4 heteroatoms. The average molecular weight is 87.1 g/mol. The maximum Gasteiger partial charge on any atom is 0.131 e. The second kappa shape index (κ2) is 1.24. The van der Waals surface area contributed by atoms with Crippen molar-refractivity contribution in [1.29, 1.82) is 0 Å². The van der Waals surface area contributed by atoms with Crippen LogP contribution in [0.4, 0.5) is 0 Å². The van der Waals surface area contributed by atoms with Crippen molar-refractivity contribution in [2.24, 2.45) is 10.9 Å². The van der Waals surface area contributed by atoms with E-state index in [1.807, 2.05) is 0 Å². The number of hydroxylamine groups is 1. The summed E-state index contributed by atoms with van der Waals surface area (Å²) in [6.07, 6.45) is 1.25. The second-order valence-corrected chi connectivity index (χ2v) is 0.989. The summed E-state index contributed by atoms with van der Waals surface area (Å²) in [6, 6.07) is 0. The summed E-state index contributed by atoms with van der Waals surface area (Å²) in [7, 11) is 0. The van der Waals surface area contributed by atoms with Crippen LogP contribution in [0.5, 0.6) is 0 Å². The number of hydrogen-bond donors (Lipinski definition) is 2. The van der Waals surface area contributed by atoms with Crippen molar-refractivity contribution in [2.75, 3.05) is 0 Å². The van der Waals surface area contributed by atoms with E-state index in [4.69, 9.17) is 5.73 Å². The van der Waals surface area contributed by atoms with Gasteiger partial charge in [-0.3, -0.25) is 4.94 Å². The fraction of sp³-hybridized carbons (Fsp3) is 0.500. The van der Waals surface area contributed by atoms with Gasteiger partial charge in [-0.25, -0.2) is 0 Å². The van der Waals surface area contributed by atoms with Crippen molar-refractivity contribution >= 4 is 6.21 Å². The van der Waals surface area contributed by atoms with Gasteiger partial charge in [0.1, 0.15) is 6.17 Å². The van der Waals surface area contributed by atoms with Crippen LogP contribution in [0.3, 0.4) is 0 Å². The lowest BCUT2D eigenvalue weighted by atomic mass is 10.6. The van der Waals surface area contributed by atoms with Crippen molar-refractivity contribution < 1.29 is 4.94 Å². The summed E-state index contributed by atoms with van der Waals surface area (Å²) >= 11 is 0. The largest absolute Gasteiger partial charge is 0.309 e. The molecule has 0 aliphatic carbocycles. The highest BCUT2D eigenvalue weighted by Crippen LogP contribution is 1.77. The fourth-order valence-corrected chi connectivity index (χ4v) is 0.218. The molecule has 0 fully saturated rings. The zero-order chi connectivity index (χ0) is 4.41. The monoisotopic (exact) mass is 87.0 g/mol. The van der Waals surface area contributed by atoms with Crippen molar-refractivity contribution in [3.05, 3.63) is 0 Å². The minimum absolute atomic E-state index is 0.218. The number of nitrogens with one attached hydrogen (secondary N) is 1. The molecular weight excluding hydrogens is 82.0 g/mol. The predicted octanol–water partition coefficient (Wildman–Crippen LogP) is -1.21. The van der Waals surface area contributed by atoms with Crippen LogP contribution in [0.25, 0.3) is 0 Å². The number of nitrogens with zero attached hydrogens (tertiary/aromatic N) is 1. The quantitative estimate of drug-likeness (QED) is 0.390. The van der Waals surface area contributed by atoms with Gasteiger partial charge in [-0.1, -0.05) is 5.16 Å². The molecule has 0 bridgehead atoms. The van der Waals surface area contributed by atoms with E-state index in [-0.39, 0.29) is 6.17 Å². The molecule has 0 aromatic carbocycles. The van der Waals surface area contributed by atoms with E-state index in [0.29, 0.717) is 0 Å². The number of rotatable bonds is 0. The van der Waals surface area contributed by atoms with Crippen LogP contribution in [0.1, 0.15) is 0 Å². The Morgan fingerprint density at radius 2 is 2.83 bits per heavy atom. The first kappa shape index (κ1) is 3.58. The summed E-state index contributed by atoms with van der Waals surface area (Å²) in [5, 5.41) is 3.30. The molecule has 6 heavy (non-hydrogen) atoms. The summed E-state index contributed by atoms with van der Waals surface area (Å²) in [6.45, 7) is 0. The number of oxime groups is 1. The molecular formula is C2H5N3O. The van der Waals surface area contributed by atoms with Crippen molar-refractivity contribution in [3.63, 3.8) is 0 Å². The first-order valence-corrected chi connectivity index (χ1v) is 1.60. The molecule has 0 aromatic heterocycles. The Labute approximate surface area is 34.9 Å². The van der Waals surface area contributed by atoms with Crippen molar-refractivity contribution in [1.82, 2.24) is 5.48 Å². The van der Waals surface area contributed by atoms with Gasteiger partial charge in [0, 0.05) is 0 Å². The molecule has 3 N–H and O–H groups in total. The maximum atomic E-state index is 5.15. The first-order chi connectivity index (χ1) is 2.89. The van der Waals surface area contributed by atoms with Crippen LogP contribution in [-0.2, 0) is 4.94 Å². The van der Waals surface area contributed by atoms with Crippen molar-refractivity contribution in [2.45, 2.75) is 6.17 Å². The minimum Gasteiger partial charge on any atom is -0.309 e. The lowest BCUT2D eigenvalue weighted by Gasteiger charge is -1.90. The molecule has 4 nitrogen and oxygen atoms in total.